The number of ether oxygens (including phenoxy) is 1. The van der Waals surface area contributed by atoms with Crippen molar-refractivity contribution in [3.05, 3.63) is 121 Å². The van der Waals surface area contributed by atoms with Gasteiger partial charge in [-0.3, -0.25) is 9.97 Å². The molecule has 34 heavy (non-hydrogen) atoms. The van der Waals surface area contributed by atoms with Crippen molar-refractivity contribution in [3.8, 4) is 28.3 Å². The Hall–Kier alpha value is -4.44. The summed E-state index contributed by atoms with van der Waals surface area (Å²) in [7, 11) is 0. The van der Waals surface area contributed by atoms with Crippen molar-refractivity contribution < 1.29 is 4.74 Å². The van der Waals surface area contributed by atoms with Crippen LogP contribution in [0.5, 0.6) is 5.75 Å². The van der Waals surface area contributed by atoms with Crippen LogP contribution in [0.4, 0.5) is 17.1 Å². The van der Waals surface area contributed by atoms with Crippen LogP contribution in [-0.4, -0.2) is 9.97 Å². The zero-order valence-corrected chi connectivity index (χ0v) is 18.8. The predicted molar refractivity (Wildman–Crippen MR) is 137 cm³/mol. The first-order valence-electron chi connectivity index (χ1n) is 11.4. The first-order chi connectivity index (χ1) is 16.8. The van der Waals surface area contributed by atoms with Gasteiger partial charge in [0.15, 0.2) is 0 Å². The molecule has 0 radical (unpaired) electrons. The van der Waals surface area contributed by atoms with Crippen molar-refractivity contribution in [1.82, 2.24) is 9.97 Å². The molecule has 0 unspecified atom stereocenters. The van der Waals surface area contributed by atoms with Crippen molar-refractivity contribution in [1.29, 1.82) is 0 Å². The summed E-state index contributed by atoms with van der Waals surface area (Å²) >= 11 is 0. The number of benzene rings is 3. The Morgan fingerprint density at radius 2 is 1.53 bits per heavy atom. The number of fused-ring (bicyclic) bond motifs is 2. The van der Waals surface area contributed by atoms with Crippen LogP contribution >= 0.6 is 0 Å². The lowest BCUT2D eigenvalue weighted by Gasteiger charge is -2.27. The fourth-order valence-corrected chi connectivity index (χ4v) is 4.42. The Morgan fingerprint density at radius 3 is 2.41 bits per heavy atom. The smallest absolute Gasteiger partial charge is 0.143 e. The summed E-state index contributed by atoms with van der Waals surface area (Å²) in [6, 6.07) is 33.3. The molecule has 4 heteroatoms. The number of nitrogens with zero attached hydrogens (tertiary/aromatic N) is 3. The molecule has 0 atom stereocenters. The van der Waals surface area contributed by atoms with Gasteiger partial charge in [0.2, 0.25) is 0 Å². The van der Waals surface area contributed by atoms with Crippen molar-refractivity contribution >= 4 is 17.1 Å². The number of aryl methyl sites for hydroxylation is 1. The highest BCUT2D eigenvalue weighted by Crippen LogP contribution is 2.46. The second-order valence-corrected chi connectivity index (χ2v) is 8.42. The molecular formula is C30H23N3O. The Kier molecular flexibility index (Phi) is 5.04. The molecule has 5 aromatic rings. The average Bonchev–Trinajstić information content (AvgIpc) is 3.06. The zero-order chi connectivity index (χ0) is 22.9. The fourth-order valence-electron chi connectivity index (χ4n) is 4.42. The molecule has 0 amide bonds. The Balaban J connectivity index is 1.55. The van der Waals surface area contributed by atoms with Crippen LogP contribution in [0.15, 0.2) is 109 Å². The van der Waals surface area contributed by atoms with Crippen molar-refractivity contribution in [2.45, 2.75) is 13.5 Å². The molecule has 0 spiro atoms. The normalized spacial score (nSPS) is 12.3. The van der Waals surface area contributed by atoms with Crippen LogP contribution in [0.1, 0.15) is 11.1 Å². The summed E-state index contributed by atoms with van der Waals surface area (Å²) in [6.07, 6.45) is 3.68. The molecule has 3 heterocycles. The molecule has 4 nitrogen and oxygen atoms in total. The van der Waals surface area contributed by atoms with E-state index in [1.165, 1.54) is 5.56 Å². The van der Waals surface area contributed by atoms with E-state index < -0.39 is 0 Å². The second-order valence-electron chi connectivity index (χ2n) is 8.42. The van der Waals surface area contributed by atoms with Gasteiger partial charge in [0.25, 0.3) is 0 Å². The first-order valence-corrected chi connectivity index (χ1v) is 11.4. The van der Waals surface area contributed by atoms with Gasteiger partial charge in [-0.1, -0.05) is 36.4 Å². The Bertz CT molecular complexity index is 1480. The molecule has 0 N–H and O–H groups in total. The van der Waals surface area contributed by atoms with E-state index in [2.05, 4.69) is 94.6 Å². The van der Waals surface area contributed by atoms with Crippen LogP contribution in [0, 0.1) is 6.92 Å². The Morgan fingerprint density at radius 1 is 0.676 bits per heavy atom. The van der Waals surface area contributed by atoms with E-state index in [1.54, 1.807) is 0 Å². The molecule has 0 aliphatic carbocycles. The third-order valence-electron chi connectivity index (χ3n) is 6.09. The maximum atomic E-state index is 6.28. The van der Waals surface area contributed by atoms with Gasteiger partial charge < -0.3 is 9.64 Å². The van der Waals surface area contributed by atoms with Crippen LogP contribution in [-0.2, 0) is 6.61 Å². The number of rotatable bonds is 3. The summed E-state index contributed by atoms with van der Waals surface area (Å²) < 4.78 is 6.28. The van der Waals surface area contributed by atoms with Crippen LogP contribution in [0.25, 0.3) is 22.5 Å². The summed E-state index contributed by atoms with van der Waals surface area (Å²) in [6.45, 7) is 2.60. The van der Waals surface area contributed by atoms with Gasteiger partial charge in [0, 0.05) is 34.8 Å². The first kappa shape index (κ1) is 20.2. The molecule has 0 saturated heterocycles. The molecule has 1 aliphatic rings. The number of aromatic nitrogens is 2. The maximum absolute atomic E-state index is 6.28. The van der Waals surface area contributed by atoms with Gasteiger partial charge in [-0.25, -0.2) is 0 Å². The van der Waals surface area contributed by atoms with Gasteiger partial charge in [-0.2, -0.15) is 0 Å². The topological polar surface area (TPSA) is 38.2 Å². The lowest BCUT2D eigenvalue weighted by atomic mass is 10.0. The zero-order valence-electron chi connectivity index (χ0n) is 18.8. The van der Waals surface area contributed by atoms with Gasteiger partial charge in [-0.15, -0.1) is 0 Å². The minimum absolute atomic E-state index is 0.516. The van der Waals surface area contributed by atoms with E-state index in [9.17, 15) is 0 Å². The third-order valence-corrected chi connectivity index (χ3v) is 6.09. The molecule has 2 aromatic heterocycles. The van der Waals surface area contributed by atoms with Gasteiger partial charge in [0.1, 0.15) is 12.4 Å². The second kappa shape index (κ2) is 8.49. The summed E-state index contributed by atoms with van der Waals surface area (Å²) in [5.41, 5.74) is 9.48. The highest BCUT2D eigenvalue weighted by atomic mass is 16.5. The lowest BCUT2D eigenvalue weighted by Crippen LogP contribution is -2.11. The van der Waals surface area contributed by atoms with Gasteiger partial charge >= 0.3 is 0 Å². The molecule has 0 bridgehead atoms. The largest absolute Gasteiger partial charge is 0.487 e. The number of pyridine rings is 2. The van der Waals surface area contributed by atoms with E-state index in [1.807, 2.05) is 36.7 Å². The van der Waals surface area contributed by atoms with Crippen LogP contribution < -0.4 is 9.64 Å². The predicted octanol–water partition coefficient (Wildman–Crippen LogP) is 7.48. The average molecular weight is 442 g/mol. The van der Waals surface area contributed by atoms with E-state index in [4.69, 9.17) is 4.74 Å². The van der Waals surface area contributed by atoms with Crippen molar-refractivity contribution in [2.24, 2.45) is 0 Å². The van der Waals surface area contributed by atoms with E-state index >= 15 is 0 Å². The molecule has 6 rings (SSSR count). The number of hydrogen-bond acceptors (Lipinski definition) is 4. The van der Waals surface area contributed by atoms with E-state index in [-0.39, 0.29) is 0 Å². The van der Waals surface area contributed by atoms with Gasteiger partial charge in [0.05, 0.1) is 22.8 Å². The molecule has 0 saturated carbocycles. The SMILES string of the molecule is Cc1ccnc(-c2ccc3c(c2)N(c2cccc(-c4ccccn4)c2)c2ccccc2CO3)c1. The Labute approximate surface area is 199 Å². The molecule has 0 fully saturated rings. The highest BCUT2D eigenvalue weighted by Gasteiger charge is 2.24. The monoisotopic (exact) mass is 441 g/mol. The third kappa shape index (κ3) is 3.69. The summed E-state index contributed by atoms with van der Waals surface area (Å²) in [5.74, 6) is 0.843. The fraction of sp³-hybridized carbons (Fsp3) is 0.0667. The number of hydrogen-bond donors (Lipinski definition) is 0. The van der Waals surface area contributed by atoms with E-state index in [0.717, 1.165) is 50.9 Å². The molecule has 164 valence electrons. The number of para-hydroxylation sites is 1. The van der Waals surface area contributed by atoms with Crippen molar-refractivity contribution in [3.63, 3.8) is 0 Å². The van der Waals surface area contributed by atoms with Crippen LogP contribution in [0.3, 0.4) is 0 Å². The van der Waals surface area contributed by atoms with E-state index in [0.29, 0.717) is 6.61 Å². The lowest BCUT2D eigenvalue weighted by molar-refractivity contribution is 0.310. The molecule has 1 aliphatic heterocycles. The van der Waals surface area contributed by atoms with Crippen LogP contribution in [0.2, 0.25) is 0 Å². The highest BCUT2D eigenvalue weighted by molar-refractivity contribution is 5.86. The maximum Gasteiger partial charge on any atom is 0.143 e. The molecular weight excluding hydrogens is 418 g/mol. The minimum atomic E-state index is 0.516. The summed E-state index contributed by atoms with van der Waals surface area (Å²) in [5, 5.41) is 0. The van der Waals surface area contributed by atoms with Crippen molar-refractivity contribution in [2.75, 3.05) is 4.90 Å². The summed E-state index contributed by atoms with van der Waals surface area (Å²) in [4.78, 5) is 11.4. The minimum Gasteiger partial charge on any atom is -0.487 e. The quantitative estimate of drug-likeness (QED) is 0.291. The number of anilines is 3. The standard InChI is InChI=1S/C30H23N3O/c1-21-14-16-32-27(17-21)23-12-13-30-29(19-23)33(28-11-3-2-7-24(28)20-34-30)25-9-6-8-22(18-25)26-10-4-5-15-31-26/h2-19H,20H2,1H3. The molecule has 3 aromatic carbocycles. The van der Waals surface area contributed by atoms with Gasteiger partial charge in [-0.05, 0) is 73.2 Å².